The second-order valence-corrected chi connectivity index (χ2v) is 26.4. The van der Waals surface area contributed by atoms with Gasteiger partial charge in [-0.2, -0.15) is 0 Å². The molecule has 5 heteroatoms. The van der Waals surface area contributed by atoms with Gasteiger partial charge in [0.1, 0.15) is 0 Å². The maximum absolute atomic E-state index is 6.71. The molecule has 11 rings (SSSR count). The Kier molecular flexibility index (Phi) is 12.3. The molecular weight excluding hydrogens is 931 g/mol. The van der Waals surface area contributed by atoms with Gasteiger partial charge in [0.15, 0.2) is 11.5 Å². The molecule has 0 spiro atoms. The SMILES string of the molecule is CC(C)(C)c1ccc(N(c2cc(N(c3ccc4c(c3)C(C)(C)CCC4(C)C)c3ccc(C(C)(C)C)cc3-c3ccccc3)cc(N3c4ccccc4Oc4ccccc43)c2)c2csc3ccc(C(C)(C)C)cc23)cc1. The second kappa shape index (κ2) is 18.3. The average Bonchev–Trinajstić information content (AvgIpc) is 3.82. The number of anilines is 9. The summed E-state index contributed by atoms with van der Waals surface area (Å²) >= 11 is 1.81. The highest BCUT2D eigenvalue weighted by Gasteiger charge is 2.38. The summed E-state index contributed by atoms with van der Waals surface area (Å²) in [5, 5.41) is 3.60. The molecule has 75 heavy (non-hydrogen) atoms. The molecule has 0 bridgehead atoms. The van der Waals surface area contributed by atoms with Crippen LogP contribution in [0.4, 0.5) is 51.2 Å². The van der Waals surface area contributed by atoms with E-state index in [1.54, 1.807) is 0 Å². The molecule has 1 aliphatic heterocycles. The zero-order valence-corrected chi connectivity index (χ0v) is 47.2. The Morgan fingerprint density at radius 1 is 0.453 bits per heavy atom. The van der Waals surface area contributed by atoms with Gasteiger partial charge < -0.3 is 19.4 Å². The lowest BCUT2D eigenvalue weighted by molar-refractivity contribution is 0.332. The fourth-order valence-corrected chi connectivity index (χ4v) is 12.2. The van der Waals surface area contributed by atoms with Crippen LogP contribution in [0.2, 0.25) is 0 Å². The maximum atomic E-state index is 6.71. The molecule has 9 aromatic rings. The van der Waals surface area contributed by atoms with E-state index >= 15 is 0 Å². The minimum atomic E-state index is -0.0717. The van der Waals surface area contributed by atoms with Gasteiger partial charge in [0.2, 0.25) is 0 Å². The number of para-hydroxylation sites is 4. The van der Waals surface area contributed by atoms with Gasteiger partial charge in [-0.05, 0) is 164 Å². The first-order valence-electron chi connectivity index (χ1n) is 26.9. The average molecular weight is 1000 g/mol. The summed E-state index contributed by atoms with van der Waals surface area (Å²) < 4.78 is 7.97. The van der Waals surface area contributed by atoms with Crippen LogP contribution < -0.4 is 19.4 Å². The number of rotatable bonds is 8. The van der Waals surface area contributed by atoms with Crippen LogP contribution in [0.25, 0.3) is 21.2 Å². The lowest BCUT2D eigenvalue weighted by atomic mass is 9.63. The highest BCUT2D eigenvalue weighted by Crippen LogP contribution is 2.55. The van der Waals surface area contributed by atoms with E-state index in [1.807, 2.05) is 11.3 Å². The molecule has 0 radical (unpaired) electrons. The van der Waals surface area contributed by atoms with Crippen molar-refractivity contribution in [2.75, 3.05) is 14.7 Å². The third-order valence-electron chi connectivity index (χ3n) is 16.0. The van der Waals surface area contributed by atoms with Crippen molar-refractivity contribution in [3.63, 3.8) is 0 Å². The van der Waals surface area contributed by atoms with Crippen molar-refractivity contribution < 1.29 is 4.74 Å². The van der Waals surface area contributed by atoms with Gasteiger partial charge in [-0.3, -0.25) is 0 Å². The largest absolute Gasteiger partial charge is 0.453 e. The van der Waals surface area contributed by atoms with Crippen LogP contribution in [-0.4, -0.2) is 0 Å². The van der Waals surface area contributed by atoms with Gasteiger partial charge >= 0.3 is 0 Å². The molecule has 0 unspecified atom stereocenters. The van der Waals surface area contributed by atoms with Gasteiger partial charge in [-0.1, -0.05) is 175 Å². The fraction of sp³-hybridized carbons (Fsp3) is 0.286. The molecule has 4 nitrogen and oxygen atoms in total. The smallest absolute Gasteiger partial charge is 0.151 e. The second-order valence-electron chi connectivity index (χ2n) is 25.5. The molecule has 380 valence electrons. The van der Waals surface area contributed by atoms with E-state index in [1.165, 1.54) is 49.0 Å². The number of benzene rings is 8. The zero-order valence-electron chi connectivity index (χ0n) is 46.4. The lowest BCUT2D eigenvalue weighted by Gasteiger charge is -2.42. The predicted octanol–water partition coefficient (Wildman–Crippen LogP) is 21.3. The molecule has 1 aromatic heterocycles. The van der Waals surface area contributed by atoms with Crippen molar-refractivity contribution in [1.29, 1.82) is 0 Å². The van der Waals surface area contributed by atoms with E-state index in [2.05, 4.69) is 286 Å². The van der Waals surface area contributed by atoms with Gasteiger partial charge in [0, 0.05) is 32.4 Å². The first kappa shape index (κ1) is 50.1. The van der Waals surface area contributed by atoms with Crippen molar-refractivity contribution in [2.24, 2.45) is 0 Å². The molecule has 0 atom stereocenters. The molecule has 2 aliphatic rings. The van der Waals surface area contributed by atoms with Gasteiger partial charge in [0.25, 0.3) is 0 Å². The normalized spacial score (nSPS) is 14.9. The minimum Gasteiger partial charge on any atom is -0.453 e. The van der Waals surface area contributed by atoms with Crippen molar-refractivity contribution in [3.05, 3.63) is 209 Å². The fourth-order valence-electron chi connectivity index (χ4n) is 11.3. The summed E-state index contributed by atoms with van der Waals surface area (Å²) in [5.74, 6) is 1.63. The summed E-state index contributed by atoms with van der Waals surface area (Å²) in [6.45, 7) is 30.5. The lowest BCUT2D eigenvalue weighted by Crippen LogP contribution is -2.34. The van der Waals surface area contributed by atoms with Crippen LogP contribution in [0.5, 0.6) is 11.5 Å². The summed E-state index contributed by atoms with van der Waals surface area (Å²) in [6.07, 6.45) is 2.27. The molecule has 0 N–H and O–H groups in total. The third-order valence-corrected chi connectivity index (χ3v) is 17.0. The topological polar surface area (TPSA) is 19.0 Å². The number of nitrogens with zero attached hydrogens (tertiary/aromatic N) is 3. The van der Waals surface area contributed by atoms with E-state index in [0.29, 0.717) is 0 Å². The molecule has 0 saturated heterocycles. The number of fused-ring (bicyclic) bond motifs is 4. The standard InChI is InChI=1S/C70H73N3OS/c1-66(2,3)47-27-31-50(32-28-47)71(62-45-75-65-36-30-49(40-56(62)65)68(7,8)9)52-41-53(43-54(42-52)73-60-23-17-19-25-63(60)74-64-26-20-18-24-61(64)73)72(51-33-34-57-58(44-51)70(12,13)38-37-69(57,10)11)59-35-29-48(67(4,5)6)39-55(59)46-21-15-14-16-22-46/h14-36,39-45H,37-38H2,1-13H3. The number of hydrogen-bond acceptors (Lipinski definition) is 5. The van der Waals surface area contributed by atoms with E-state index < -0.39 is 0 Å². The Labute approximate surface area is 451 Å². The van der Waals surface area contributed by atoms with E-state index in [4.69, 9.17) is 4.74 Å². The van der Waals surface area contributed by atoms with Crippen molar-refractivity contribution in [2.45, 2.75) is 130 Å². The Morgan fingerprint density at radius 2 is 0.973 bits per heavy atom. The van der Waals surface area contributed by atoms with Gasteiger partial charge in [0.05, 0.1) is 39.8 Å². The molecule has 8 aromatic carbocycles. The summed E-state index contributed by atoms with van der Waals surface area (Å²) in [5.41, 5.74) is 18.6. The molecule has 1 aliphatic carbocycles. The Balaban J connectivity index is 1.27. The predicted molar refractivity (Wildman–Crippen MR) is 323 cm³/mol. The number of hydrogen-bond donors (Lipinski definition) is 0. The Hall–Kier alpha value is -7.08. The van der Waals surface area contributed by atoms with E-state index in [9.17, 15) is 0 Å². The number of thiophene rings is 1. The summed E-state index contributed by atoms with van der Waals surface area (Å²) in [4.78, 5) is 7.48. The molecule has 2 heterocycles. The quantitative estimate of drug-likeness (QED) is 0.151. The van der Waals surface area contributed by atoms with Gasteiger partial charge in [-0.15, -0.1) is 11.3 Å². The van der Waals surface area contributed by atoms with Crippen LogP contribution in [0.15, 0.2) is 181 Å². The van der Waals surface area contributed by atoms with E-state index in [-0.39, 0.29) is 27.1 Å². The van der Waals surface area contributed by atoms with Crippen LogP contribution in [0.1, 0.15) is 131 Å². The van der Waals surface area contributed by atoms with Crippen LogP contribution in [0, 0.1) is 0 Å². The highest BCUT2D eigenvalue weighted by molar-refractivity contribution is 7.17. The van der Waals surface area contributed by atoms with Crippen molar-refractivity contribution >= 4 is 72.6 Å². The summed E-state index contributed by atoms with van der Waals surface area (Å²) in [6, 6.07) is 66.0. The molecule has 0 fully saturated rings. The van der Waals surface area contributed by atoms with E-state index in [0.717, 1.165) is 75.5 Å². The molecular formula is C70H73N3OS. The molecule has 0 saturated carbocycles. The highest BCUT2D eigenvalue weighted by atomic mass is 32.1. The zero-order chi connectivity index (χ0) is 52.8. The Morgan fingerprint density at radius 3 is 1.59 bits per heavy atom. The van der Waals surface area contributed by atoms with Crippen molar-refractivity contribution in [3.8, 4) is 22.6 Å². The van der Waals surface area contributed by atoms with Crippen LogP contribution >= 0.6 is 11.3 Å². The first-order chi connectivity index (χ1) is 35.5. The van der Waals surface area contributed by atoms with Gasteiger partial charge in [-0.25, -0.2) is 0 Å². The van der Waals surface area contributed by atoms with Crippen LogP contribution in [-0.2, 0) is 27.1 Å². The Bertz CT molecular complexity index is 3550. The molecule has 0 amide bonds. The minimum absolute atomic E-state index is 0.0115. The first-order valence-corrected chi connectivity index (χ1v) is 27.8. The monoisotopic (exact) mass is 1000 g/mol. The number of ether oxygens (including phenoxy) is 1. The summed E-state index contributed by atoms with van der Waals surface area (Å²) in [7, 11) is 0. The van der Waals surface area contributed by atoms with Crippen molar-refractivity contribution in [1.82, 2.24) is 0 Å². The third kappa shape index (κ3) is 9.32. The van der Waals surface area contributed by atoms with Crippen LogP contribution in [0.3, 0.4) is 0 Å². The maximum Gasteiger partial charge on any atom is 0.151 e.